The summed E-state index contributed by atoms with van der Waals surface area (Å²) in [6.07, 6.45) is 20.3. The van der Waals surface area contributed by atoms with Crippen molar-refractivity contribution in [3.8, 4) is 0 Å². The van der Waals surface area contributed by atoms with Crippen LogP contribution in [0.1, 0.15) is 71.1 Å². The van der Waals surface area contributed by atoms with E-state index in [-0.39, 0.29) is 0 Å². The van der Waals surface area contributed by atoms with Crippen molar-refractivity contribution in [3.63, 3.8) is 0 Å². The molecule has 0 saturated heterocycles. The zero-order chi connectivity index (χ0) is 15.2. The summed E-state index contributed by atoms with van der Waals surface area (Å²) in [5.41, 5.74) is 5.63. The number of nitrogens with zero attached hydrogens (tertiary/aromatic N) is 2. The Bertz CT molecular complexity index is 286. The van der Waals surface area contributed by atoms with Gasteiger partial charge in [-0.05, 0) is 38.5 Å². The summed E-state index contributed by atoms with van der Waals surface area (Å²) >= 11 is 0. The largest absolute Gasteiger partial charge is 0.329 e. The molecule has 21 heavy (non-hydrogen) atoms. The van der Waals surface area contributed by atoms with Crippen molar-refractivity contribution in [1.82, 2.24) is 4.90 Å². The van der Waals surface area contributed by atoms with Crippen LogP contribution >= 0.6 is 0 Å². The van der Waals surface area contributed by atoms with Gasteiger partial charge < -0.3 is 5.73 Å². The number of nitrogens with two attached hydrogens (primary N) is 1. The summed E-state index contributed by atoms with van der Waals surface area (Å²) in [4.78, 5) is 6.94. The molecule has 0 aromatic carbocycles. The molecule has 0 saturated carbocycles. The second-order valence-corrected chi connectivity index (χ2v) is 6.05. The molecule has 3 nitrogen and oxygen atoms in total. The highest BCUT2D eigenvalue weighted by molar-refractivity contribution is 5.62. The number of aliphatic imine (C=N–C) groups is 1. The fraction of sp³-hybridized carbons (Fsp3) is 0.833. The van der Waals surface area contributed by atoms with Crippen molar-refractivity contribution in [2.24, 2.45) is 10.7 Å². The van der Waals surface area contributed by atoms with Gasteiger partial charge in [0.15, 0.2) is 0 Å². The SMILES string of the molecule is CCCCC/C=C/CCCCCCC1N=CCN1CCN. The molecule has 1 heterocycles. The van der Waals surface area contributed by atoms with Crippen molar-refractivity contribution in [2.75, 3.05) is 19.6 Å². The van der Waals surface area contributed by atoms with E-state index >= 15 is 0 Å². The topological polar surface area (TPSA) is 41.6 Å². The van der Waals surface area contributed by atoms with Gasteiger partial charge in [-0.25, -0.2) is 0 Å². The lowest BCUT2D eigenvalue weighted by Crippen LogP contribution is -2.34. The van der Waals surface area contributed by atoms with E-state index in [4.69, 9.17) is 5.73 Å². The van der Waals surface area contributed by atoms with E-state index in [0.29, 0.717) is 6.17 Å². The summed E-state index contributed by atoms with van der Waals surface area (Å²) < 4.78 is 0. The maximum absolute atomic E-state index is 5.63. The van der Waals surface area contributed by atoms with E-state index in [2.05, 4.69) is 29.0 Å². The molecular formula is C18H35N3. The zero-order valence-corrected chi connectivity index (χ0v) is 14.0. The van der Waals surface area contributed by atoms with E-state index in [1.54, 1.807) is 0 Å². The molecule has 0 fully saturated rings. The Labute approximate surface area is 131 Å². The predicted octanol–water partition coefficient (Wildman–Crippen LogP) is 4.13. The van der Waals surface area contributed by atoms with Crippen LogP contribution in [-0.2, 0) is 0 Å². The molecule has 1 atom stereocenters. The molecule has 1 rings (SSSR count). The van der Waals surface area contributed by atoms with Crippen LogP contribution in [0, 0.1) is 0 Å². The van der Waals surface area contributed by atoms with Crippen molar-refractivity contribution >= 4 is 6.21 Å². The van der Waals surface area contributed by atoms with Gasteiger partial charge in [-0.3, -0.25) is 9.89 Å². The van der Waals surface area contributed by atoms with Gasteiger partial charge in [-0.2, -0.15) is 0 Å². The molecule has 1 aliphatic heterocycles. The second kappa shape index (κ2) is 13.0. The number of hydrogen-bond acceptors (Lipinski definition) is 3. The Morgan fingerprint density at radius 3 is 2.52 bits per heavy atom. The average Bonchev–Trinajstić information content (AvgIpc) is 2.92. The first kappa shape index (κ1) is 18.4. The fourth-order valence-corrected chi connectivity index (χ4v) is 2.84. The van der Waals surface area contributed by atoms with Gasteiger partial charge in [0.25, 0.3) is 0 Å². The van der Waals surface area contributed by atoms with Crippen molar-refractivity contribution in [1.29, 1.82) is 0 Å². The molecule has 0 bridgehead atoms. The lowest BCUT2D eigenvalue weighted by Gasteiger charge is -2.21. The van der Waals surface area contributed by atoms with Crippen LogP contribution in [-0.4, -0.2) is 36.9 Å². The first-order chi connectivity index (χ1) is 10.4. The Morgan fingerprint density at radius 1 is 1.10 bits per heavy atom. The van der Waals surface area contributed by atoms with Crippen LogP contribution in [0.4, 0.5) is 0 Å². The minimum absolute atomic E-state index is 0.409. The Kier molecular flexibility index (Phi) is 11.4. The minimum Gasteiger partial charge on any atom is -0.329 e. The van der Waals surface area contributed by atoms with E-state index in [1.807, 2.05) is 6.21 Å². The molecule has 0 amide bonds. The molecule has 0 aromatic rings. The van der Waals surface area contributed by atoms with Crippen molar-refractivity contribution in [2.45, 2.75) is 77.3 Å². The van der Waals surface area contributed by atoms with Gasteiger partial charge in [-0.15, -0.1) is 0 Å². The second-order valence-electron chi connectivity index (χ2n) is 6.05. The van der Waals surface area contributed by atoms with Crippen LogP contribution in [0.5, 0.6) is 0 Å². The molecule has 0 aromatic heterocycles. The van der Waals surface area contributed by atoms with Crippen LogP contribution < -0.4 is 5.73 Å². The van der Waals surface area contributed by atoms with Crippen molar-refractivity contribution < 1.29 is 0 Å². The van der Waals surface area contributed by atoms with Gasteiger partial charge >= 0.3 is 0 Å². The van der Waals surface area contributed by atoms with Crippen LogP contribution in [0.2, 0.25) is 0 Å². The Hall–Kier alpha value is -0.670. The normalized spacial score (nSPS) is 19.0. The third-order valence-electron chi connectivity index (χ3n) is 4.16. The molecule has 2 N–H and O–H groups in total. The standard InChI is InChI=1S/C18H35N3/c1-2-3-4-5-6-7-8-9-10-11-12-13-18-20-15-17-21(18)16-14-19/h6-7,15,18H,2-5,8-14,16-17,19H2,1H3/b7-6+. The minimum atomic E-state index is 0.409. The summed E-state index contributed by atoms with van der Waals surface area (Å²) in [5.74, 6) is 0. The van der Waals surface area contributed by atoms with Gasteiger partial charge in [0, 0.05) is 25.8 Å². The number of rotatable bonds is 13. The third-order valence-corrected chi connectivity index (χ3v) is 4.16. The summed E-state index contributed by atoms with van der Waals surface area (Å²) in [6, 6.07) is 0. The van der Waals surface area contributed by atoms with E-state index in [9.17, 15) is 0 Å². The van der Waals surface area contributed by atoms with Crippen LogP contribution in [0.15, 0.2) is 17.1 Å². The smallest absolute Gasteiger partial charge is 0.102 e. The molecule has 0 spiro atoms. The van der Waals surface area contributed by atoms with Gasteiger partial charge in [0.2, 0.25) is 0 Å². The average molecular weight is 293 g/mol. The molecule has 0 radical (unpaired) electrons. The molecule has 122 valence electrons. The lowest BCUT2D eigenvalue weighted by atomic mass is 10.1. The Morgan fingerprint density at radius 2 is 1.81 bits per heavy atom. The van der Waals surface area contributed by atoms with Gasteiger partial charge in [0.1, 0.15) is 6.17 Å². The maximum Gasteiger partial charge on any atom is 0.102 e. The van der Waals surface area contributed by atoms with Crippen LogP contribution in [0.3, 0.4) is 0 Å². The van der Waals surface area contributed by atoms with E-state index in [0.717, 1.165) is 19.6 Å². The summed E-state index contributed by atoms with van der Waals surface area (Å²) in [7, 11) is 0. The van der Waals surface area contributed by atoms with E-state index < -0.39 is 0 Å². The highest BCUT2D eigenvalue weighted by Gasteiger charge is 2.18. The highest BCUT2D eigenvalue weighted by Crippen LogP contribution is 2.15. The highest BCUT2D eigenvalue weighted by atomic mass is 15.3. The maximum atomic E-state index is 5.63. The van der Waals surface area contributed by atoms with Crippen molar-refractivity contribution in [3.05, 3.63) is 12.2 Å². The predicted molar refractivity (Wildman–Crippen MR) is 93.9 cm³/mol. The number of unbranched alkanes of at least 4 members (excludes halogenated alkanes) is 7. The summed E-state index contributed by atoms with van der Waals surface area (Å²) in [6.45, 7) is 4.97. The summed E-state index contributed by atoms with van der Waals surface area (Å²) in [5, 5.41) is 0. The lowest BCUT2D eigenvalue weighted by molar-refractivity contribution is 0.241. The molecule has 3 heteroatoms. The fourth-order valence-electron chi connectivity index (χ4n) is 2.84. The van der Waals surface area contributed by atoms with Crippen LogP contribution in [0.25, 0.3) is 0 Å². The molecule has 1 unspecified atom stereocenters. The number of allylic oxidation sites excluding steroid dienone is 2. The first-order valence-electron chi connectivity index (χ1n) is 8.99. The molecular weight excluding hydrogens is 258 g/mol. The molecule has 1 aliphatic rings. The number of hydrogen-bond donors (Lipinski definition) is 1. The van der Waals surface area contributed by atoms with E-state index in [1.165, 1.54) is 64.2 Å². The zero-order valence-electron chi connectivity index (χ0n) is 14.0. The molecule has 0 aliphatic carbocycles. The monoisotopic (exact) mass is 293 g/mol. The first-order valence-corrected chi connectivity index (χ1v) is 8.99. The Balaban J connectivity index is 1.89. The van der Waals surface area contributed by atoms with Gasteiger partial charge in [0.05, 0.1) is 0 Å². The third kappa shape index (κ3) is 9.05. The quantitative estimate of drug-likeness (QED) is 0.410. The van der Waals surface area contributed by atoms with Gasteiger partial charge in [-0.1, -0.05) is 44.8 Å².